The van der Waals surface area contributed by atoms with Crippen LogP contribution in [-0.2, 0) is 19.9 Å². The summed E-state index contributed by atoms with van der Waals surface area (Å²) in [6.45, 7) is -0.0945. The van der Waals surface area contributed by atoms with Crippen LogP contribution in [-0.4, -0.2) is 46.4 Å². The van der Waals surface area contributed by atoms with E-state index in [0.717, 1.165) is 0 Å². The van der Waals surface area contributed by atoms with Crippen LogP contribution in [0.5, 0.6) is 0 Å². The zero-order chi connectivity index (χ0) is 14.8. The minimum atomic E-state index is -3.78. The number of nitrogens with one attached hydrogen (secondary N) is 2. The molecule has 9 heteroatoms. The predicted octanol–water partition coefficient (Wildman–Crippen LogP) is -0.0212. The van der Waals surface area contributed by atoms with Crippen molar-refractivity contribution in [1.82, 2.24) is 9.71 Å². The lowest BCUT2D eigenvalue weighted by Gasteiger charge is -2.13. The number of hydrogen-bond acceptors (Lipinski definition) is 6. The van der Waals surface area contributed by atoms with Crippen molar-refractivity contribution in [1.29, 1.82) is 0 Å². The first-order valence-electron chi connectivity index (χ1n) is 6.20. The Balaban J connectivity index is 2.16. The van der Waals surface area contributed by atoms with E-state index in [9.17, 15) is 16.8 Å². The summed E-state index contributed by atoms with van der Waals surface area (Å²) in [5.41, 5.74) is 0.418. The number of pyridine rings is 1. The maximum absolute atomic E-state index is 12.2. The SMILES string of the molecule is CNc1ccncc1S(=O)(=O)NCC1CCCS1(=O)=O. The van der Waals surface area contributed by atoms with Crippen LogP contribution in [0.15, 0.2) is 23.4 Å². The molecule has 112 valence electrons. The van der Waals surface area contributed by atoms with Crippen molar-refractivity contribution in [2.75, 3.05) is 24.7 Å². The van der Waals surface area contributed by atoms with Gasteiger partial charge in [-0.25, -0.2) is 21.6 Å². The molecule has 0 saturated carbocycles. The molecular weight excluding hydrogens is 302 g/mol. The Bertz CT molecular complexity index is 685. The summed E-state index contributed by atoms with van der Waals surface area (Å²) in [6.07, 6.45) is 3.80. The van der Waals surface area contributed by atoms with Crippen molar-refractivity contribution in [3.8, 4) is 0 Å². The normalized spacial score (nSPS) is 21.8. The quantitative estimate of drug-likeness (QED) is 0.790. The standard InChI is InChI=1S/C11H17N3O4S2/c1-12-10-4-5-13-8-11(10)20(17,18)14-7-9-3-2-6-19(9,15)16/h4-5,8-9,14H,2-3,6-7H2,1H3,(H,12,13). The van der Waals surface area contributed by atoms with Crippen LogP contribution in [0.1, 0.15) is 12.8 Å². The third-order valence-corrected chi connectivity index (χ3v) is 7.03. The minimum Gasteiger partial charge on any atom is -0.387 e. The third-order valence-electron chi connectivity index (χ3n) is 3.31. The van der Waals surface area contributed by atoms with Crippen LogP contribution in [0.3, 0.4) is 0 Å². The van der Waals surface area contributed by atoms with Gasteiger partial charge in [0.1, 0.15) is 4.90 Å². The van der Waals surface area contributed by atoms with E-state index < -0.39 is 25.1 Å². The number of sulfonamides is 1. The molecule has 2 rings (SSSR count). The number of rotatable bonds is 5. The van der Waals surface area contributed by atoms with Crippen molar-refractivity contribution < 1.29 is 16.8 Å². The molecule has 0 radical (unpaired) electrons. The fourth-order valence-electron chi connectivity index (χ4n) is 2.17. The molecule has 0 amide bonds. The number of hydrogen-bond donors (Lipinski definition) is 2. The van der Waals surface area contributed by atoms with E-state index in [1.807, 2.05) is 0 Å². The average Bonchev–Trinajstić information content (AvgIpc) is 2.75. The summed E-state index contributed by atoms with van der Waals surface area (Å²) < 4.78 is 50.1. The maximum Gasteiger partial charge on any atom is 0.244 e. The largest absolute Gasteiger partial charge is 0.387 e. The van der Waals surface area contributed by atoms with Crippen LogP contribution in [0, 0.1) is 0 Å². The molecule has 7 nitrogen and oxygen atoms in total. The highest BCUT2D eigenvalue weighted by atomic mass is 32.2. The van der Waals surface area contributed by atoms with Gasteiger partial charge in [0.25, 0.3) is 0 Å². The van der Waals surface area contributed by atoms with E-state index in [-0.39, 0.29) is 17.2 Å². The lowest BCUT2D eigenvalue weighted by atomic mass is 10.2. The van der Waals surface area contributed by atoms with Gasteiger partial charge in [-0.2, -0.15) is 0 Å². The van der Waals surface area contributed by atoms with E-state index in [2.05, 4.69) is 15.0 Å². The highest BCUT2D eigenvalue weighted by Gasteiger charge is 2.32. The third kappa shape index (κ3) is 3.10. The molecule has 1 saturated heterocycles. The molecule has 0 spiro atoms. The van der Waals surface area contributed by atoms with E-state index in [4.69, 9.17) is 0 Å². The monoisotopic (exact) mass is 319 g/mol. The molecule has 0 bridgehead atoms. The zero-order valence-corrected chi connectivity index (χ0v) is 12.7. The molecule has 1 aliphatic rings. The first-order chi connectivity index (χ1) is 9.37. The lowest BCUT2D eigenvalue weighted by Crippen LogP contribution is -2.34. The van der Waals surface area contributed by atoms with Gasteiger partial charge in [-0.05, 0) is 18.9 Å². The van der Waals surface area contributed by atoms with E-state index in [0.29, 0.717) is 18.5 Å². The van der Waals surface area contributed by atoms with Crippen LogP contribution in [0.2, 0.25) is 0 Å². The summed E-state index contributed by atoms with van der Waals surface area (Å²) in [6, 6.07) is 1.54. The van der Waals surface area contributed by atoms with E-state index in [1.54, 1.807) is 13.1 Å². The van der Waals surface area contributed by atoms with Gasteiger partial charge in [0.05, 0.1) is 16.7 Å². The highest BCUT2D eigenvalue weighted by Crippen LogP contribution is 2.21. The summed E-state index contributed by atoms with van der Waals surface area (Å²) in [4.78, 5) is 3.80. The Hall–Kier alpha value is -1.19. The molecule has 2 N–H and O–H groups in total. The van der Waals surface area contributed by atoms with Crippen LogP contribution < -0.4 is 10.0 Å². The van der Waals surface area contributed by atoms with Gasteiger partial charge in [0.2, 0.25) is 10.0 Å². The summed E-state index contributed by atoms with van der Waals surface area (Å²) in [5, 5.41) is 2.14. The molecule has 1 aromatic heterocycles. The van der Waals surface area contributed by atoms with Crippen LogP contribution >= 0.6 is 0 Å². The summed E-state index contributed by atoms with van der Waals surface area (Å²) in [5.74, 6) is 0.133. The molecule has 1 fully saturated rings. The Kier molecular flexibility index (Phi) is 4.31. The Morgan fingerprint density at radius 1 is 1.45 bits per heavy atom. The maximum atomic E-state index is 12.2. The molecule has 1 unspecified atom stereocenters. The fourth-order valence-corrected chi connectivity index (χ4v) is 5.27. The minimum absolute atomic E-state index is 0.0119. The van der Waals surface area contributed by atoms with Crippen molar-refractivity contribution in [3.63, 3.8) is 0 Å². The summed E-state index contributed by atoms with van der Waals surface area (Å²) >= 11 is 0. The summed E-state index contributed by atoms with van der Waals surface area (Å²) in [7, 11) is -5.34. The van der Waals surface area contributed by atoms with Crippen molar-refractivity contribution in [3.05, 3.63) is 18.5 Å². The van der Waals surface area contributed by atoms with Gasteiger partial charge in [-0.3, -0.25) is 4.98 Å². The van der Waals surface area contributed by atoms with E-state index in [1.165, 1.54) is 12.4 Å². The number of sulfone groups is 1. The van der Waals surface area contributed by atoms with Gasteiger partial charge >= 0.3 is 0 Å². The average molecular weight is 319 g/mol. The molecule has 0 aliphatic carbocycles. The molecule has 1 aliphatic heterocycles. The van der Waals surface area contributed by atoms with Crippen molar-refractivity contribution in [2.24, 2.45) is 0 Å². The number of aromatic nitrogens is 1. The lowest BCUT2D eigenvalue weighted by molar-refractivity contribution is 0.571. The van der Waals surface area contributed by atoms with Gasteiger partial charge in [0, 0.05) is 26.0 Å². The first-order valence-corrected chi connectivity index (χ1v) is 9.40. The van der Waals surface area contributed by atoms with Crippen molar-refractivity contribution in [2.45, 2.75) is 23.0 Å². The molecule has 1 atom stereocenters. The Morgan fingerprint density at radius 2 is 2.20 bits per heavy atom. The first kappa shape index (κ1) is 15.2. The second-order valence-corrected chi connectivity index (χ2v) is 8.74. The van der Waals surface area contributed by atoms with Gasteiger partial charge in [-0.15, -0.1) is 0 Å². The topological polar surface area (TPSA) is 105 Å². The highest BCUT2D eigenvalue weighted by molar-refractivity contribution is 7.92. The van der Waals surface area contributed by atoms with Gasteiger partial charge in [0.15, 0.2) is 9.84 Å². The zero-order valence-electron chi connectivity index (χ0n) is 11.0. The molecular formula is C11H17N3O4S2. The molecule has 20 heavy (non-hydrogen) atoms. The van der Waals surface area contributed by atoms with Crippen molar-refractivity contribution >= 4 is 25.5 Å². The molecule has 1 aromatic rings. The predicted molar refractivity (Wildman–Crippen MR) is 75.8 cm³/mol. The van der Waals surface area contributed by atoms with Crippen LogP contribution in [0.4, 0.5) is 5.69 Å². The smallest absolute Gasteiger partial charge is 0.244 e. The van der Waals surface area contributed by atoms with Crippen LogP contribution in [0.25, 0.3) is 0 Å². The number of nitrogens with zero attached hydrogens (tertiary/aromatic N) is 1. The van der Waals surface area contributed by atoms with E-state index >= 15 is 0 Å². The molecule has 0 aromatic carbocycles. The van der Waals surface area contributed by atoms with Gasteiger partial charge in [-0.1, -0.05) is 0 Å². The number of anilines is 1. The fraction of sp³-hybridized carbons (Fsp3) is 0.545. The second kappa shape index (κ2) is 5.66. The Morgan fingerprint density at radius 3 is 2.80 bits per heavy atom. The Labute approximate surface area is 118 Å². The second-order valence-electron chi connectivity index (χ2n) is 4.60. The molecule has 2 heterocycles. The van der Waals surface area contributed by atoms with Gasteiger partial charge < -0.3 is 5.32 Å².